The van der Waals surface area contributed by atoms with Crippen molar-refractivity contribution in [3.05, 3.63) is 29.8 Å². The summed E-state index contributed by atoms with van der Waals surface area (Å²) in [6.07, 6.45) is 0. The maximum Gasteiger partial charge on any atom is 0.325 e. The maximum absolute atomic E-state index is 13.4. The van der Waals surface area contributed by atoms with Crippen molar-refractivity contribution in [3.8, 4) is 0 Å². The van der Waals surface area contributed by atoms with Gasteiger partial charge in [-0.1, -0.05) is 0 Å². The Morgan fingerprint density at radius 3 is 2.42 bits per heavy atom. The summed E-state index contributed by atoms with van der Waals surface area (Å²) in [6, 6.07) is 3.00. The molecule has 2 heterocycles. The van der Waals surface area contributed by atoms with Crippen LogP contribution in [0.15, 0.2) is 18.2 Å². The lowest BCUT2D eigenvalue weighted by atomic mass is 10.3. The molecule has 0 saturated carbocycles. The molecule has 0 spiro atoms. The minimum absolute atomic E-state index is 0.0166. The number of amides is 3. The highest BCUT2D eigenvalue weighted by atomic mass is 19.2. The number of rotatable bonds is 3. The van der Waals surface area contributed by atoms with Crippen LogP contribution < -0.4 is 4.90 Å². The van der Waals surface area contributed by atoms with Crippen LogP contribution in [0.3, 0.4) is 0 Å². The Labute approximate surface area is 139 Å². The second-order valence-electron chi connectivity index (χ2n) is 6.14. The normalized spacial score (nSPS) is 19.3. The van der Waals surface area contributed by atoms with Crippen molar-refractivity contribution in [2.24, 2.45) is 0 Å². The lowest BCUT2D eigenvalue weighted by molar-refractivity contribution is -0.133. The number of carbonyl (C=O) groups excluding carboxylic acids is 2. The number of hydrogen-bond donors (Lipinski definition) is 0. The van der Waals surface area contributed by atoms with Gasteiger partial charge in [-0.25, -0.2) is 13.6 Å². The van der Waals surface area contributed by atoms with Crippen molar-refractivity contribution < 1.29 is 18.4 Å². The predicted molar refractivity (Wildman–Crippen MR) is 84.8 cm³/mol. The Balaban J connectivity index is 1.61. The third-order valence-electron chi connectivity index (χ3n) is 4.49. The van der Waals surface area contributed by atoms with Crippen LogP contribution in [0.5, 0.6) is 0 Å². The van der Waals surface area contributed by atoms with Gasteiger partial charge in [0.1, 0.15) is 6.54 Å². The summed E-state index contributed by atoms with van der Waals surface area (Å²) in [5.74, 6) is -2.02. The molecular formula is C16H20F2N4O2. The van der Waals surface area contributed by atoms with Gasteiger partial charge in [0, 0.05) is 51.0 Å². The molecule has 3 amide bonds. The monoisotopic (exact) mass is 338 g/mol. The number of nitrogens with zero attached hydrogens (tertiary/aromatic N) is 4. The molecule has 6 nitrogen and oxygen atoms in total. The Morgan fingerprint density at radius 2 is 1.75 bits per heavy atom. The van der Waals surface area contributed by atoms with Crippen LogP contribution in [0.2, 0.25) is 0 Å². The van der Waals surface area contributed by atoms with Crippen molar-refractivity contribution in [2.45, 2.75) is 0 Å². The molecule has 2 aliphatic heterocycles. The van der Waals surface area contributed by atoms with E-state index in [-0.39, 0.29) is 18.5 Å². The van der Waals surface area contributed by atoms with Crippen LogP contribution in [-0.4, -0.2) is 79.5 Å². The minimum Gasteiger partial charge on any atom is -0.339 e. The number of piperazine rings is 1. The predicted octanol–water partition coefficient (Wildman–Crippen LogP) is 0.981. The van der Waals surface area contributed by atoms with Crippen LogP contribution in [0.25, 0.3) is 0 Å². The standard InChI is InChI=1S/C16H20F2N4O2/c1-19-4-6-20(7-5-19)15(23)11-21-8-9-22(16(21)24)12-2-3-13(17)14(18)10-12/h2-3,10H,4-9,11H2,1H3. The van der Waals surface area contributed by atoms with Crippen LogP contribution >= 0.6 is 0 Å². The number of likely N-dealkylation sites (N-methyl/N-ethyl adjacent to an activating group) is 1. The Bertz CT molecular complexity index is 647. The van der Waals surface area contributed by atoms with E-state index >= 15 is 0 Å². The first-order valence-electron chi connectivity index (χ1n) is 7.93. The molecule has 0 bridgehead atoms. The molecule has 2 fully saturated rings. The lowest BCUT2D eigenvalue weighted by Crippen LogP contribution is -2.50. The molecule has 130 valence electrons. The summed E-state index contributed by atoms with van der Waals surface area (Å²) >= 11 is 0. The number of benzene rings is 1. The summed E-state index contributed by atoms with van der Waals surface area (Å²) in [5.41, 5.74) is 0.299. The van der Waals surface area contributed by atoms with E-state index in [1.807, 2.05) is 7.05 Å². The van der Waals surface area contributed by atoms with Crippen LogP contribution in [0.1, 0.15) is 0 Å². The van der Waals surface area contributed by atoms with Gasteiger partial charge in [-0.3, -0.25) is 9.69 Å². The topological polar surface area (TPSA) is 47.1 Å². The molecule has 8 heteroatoms. The minimum atomic E-state index is -0.993. The van der Waals surface area contributed by atoms with E-state index in [1.54, 1.807) is 4.90 Å². The Hall–Kier alpha value is -2.22. The lowest BCUT2D eigenvalue weighted by Gasteiger charge is -2.33. The molecular weight excluding hydrogens is 318 g/mol. The van der Waals surface area contributed by atoms with Gasteiger partial charge < -0.3 is 14.7 Å². The second kappa shape index (κ2) is 6.72. The number of anilines is 1. The maximum atomic E-state index is 13.4. The SMILES string of the molecule is CN1CCN(C(=O)CN2CCN(c3ccc(F)c(F)c3)C2=O)CC1. The zero-order valence-electron chi connectivity index (χ0n) is 13.5. The average molecular weight is 338 g/mol. The quantitative estimate of drug-likeness (QED) is 0.825. The van der Waals surface area contributed by atoms with E-state index in [1.165, 1.54) is 15.9 Å². The Kier molecular flexibility index (Phi) is 4.66. The van der Waals surface area contributed by atoms with E-state index in [2.05, 4.69) is 4.90 Å². The zero-order chi connectivity index (χ0) is 17.3. The molecule has 0 N–H and O–H groups in total. The zero-order valence-corrected chi connectivity index (χ0v) is 13.5. The molecule has 1 aromatic rings. The van der Waals surface area contributed by atoms with Crippen molar-refractivity contribution in [2.75, 3.05) is 57.8 Å². The highest BCUT2D eigenvalue weighted by molar-refractivity contribution is 5.96. The van der Waals surface area contributed by atoms with Crippen molar-refractivity contribution in [1.82, 2.24) is 14.7 Å². The van der Waals surface area contributed by atoms with Crippen LogP contribution in [-0.2, 0) is 4.79 Å². The third kappa shape index (κ3) is 3.33. The number of halogens is 2. The highest BCUT2D eigenvalue weighted by Crippen LogP contribution is 2.22. The molecule has 3 rings (SSSR count). The summed E-state index contributed by atoms with van der Waals surface area (Å²) in [5, 5.41) is 0. The average Bonchev–Trinajstić information content (AvgIpc) is 2.91. The molecule has 0 radical (unpaired) electrons. The summed E-state index contributed by atoms with van der Waals surface area (Å²) < 4.78 is 26.4. The number of hydrogen-bond acceptors (Lipinski definition) is 3. The van der Waals surface area contributed by atoms with Gasteiger partial charge in [0.15, 0.2) is 11.6 Å². The van der Waals surface area contributed by atoms with E-state index in [4.69, 9.17) is 0 Å². The van der Waals surface area contributed by atoms with Crippen LogP contribution in [0, 0.1) is 11.6 Å². The summed E-state index contributed by atoms with van der Waals surface area (Å²) in [6.45, 7) is 3.70. The van der Waals surface area contributed by atoms with E-state index in [9.17, 15) is 18.4 Å². The van der Waals surface area contributed by atoms with Gasteiger partial charge >= 0.3 is 6.03 Å². The van der Waals surface area contributed by atoms with Gasteiger partial charge in [0.05, 0.1) is 0 Å². The summed E-state index contributed by atoms with van der Waals surface area (Å²) in [7, 11) is 2.01. The van der Waals surface area contributed by atoms with Gasteiger partial charge in [-0.05, 0) is 19.2 Å². The molecule has 2 aliphatic rings. The second-order valence-corrected chi connectivity index (χ2v) is 6.14. The molecule has 0 atom stereocenters. The smallest absolute Gasteiger partial charge is 0.325 e. The fourth-order valence-electron chi connectivity index (χ4n) is 2.94. The fourth-order valence-corrected chi connectivity index (χ4v) is 2.94. The fraction of sp³-hybridized carbons (Fsp3) is 0.500. The first-order valence-corrected chi connectivity index (χ1v) is 7.93. The molecule has 24 heavy (non-hydrogen) atoms. The first kappa shape index (κ1) is 16.6. The van der Waals surface area contributed by atoms with E-state index < -0.39 is 11.6 Å². The number of carbonyl (C=O) groups is 2. The molecule has 0 aromatic heterocycles. The van der Waals surface area contributed by atoms with E-state index in [0.29, 0.717) is 31.9 Å². The Morgan fingerprint density at radius 1 is 1.04 bits per heavy atom. The van der Waals surface area contributed by atoms with Gasteiger partial charge in [0.2, 0.25) is 5.91 Å². The van der Waals surface area contributed by atoms with Gasteiger partial charge in [-0.2, -0.15) is 0 Å². The molecule has 2 saturated heterocycles. The third-order valence-corrected chi connectivity index (χ3v) is 4.49. The molecule has 0 unspecified atom stereocenters. The highest BCUT2D eigenvalue weighted by Gasteiger charge is 2.32. The van der Waals surface area contributed by atoms with Crippen molar-refractivity contribution in [1.29, 1.82) is 0 Å². The van der Waals surface area contributed by atoms with E-state index in [0.717, 1.165) is 25.2 Å². The number of urea groups is 1. The first-order chi connectivity index (χ1) is 11.5. The molecule has 0 aliphatic carbocycles. The van der Waals surface area contributed by atoms with Crippen molar-refractivity contribution >= 4 is 17.6 Å². The van der Waals surface area contributed by atoms with Crippen molar-refractivity contribution in [3.63, 3.8) is 0 Å². The largest absolute Gasteiger partial charge is 0.339 e. The summed E-state index contributed by atoms with van der Waals surface area (Å²) in [4.78, 5) is 31.5. The van der Waals surface area contributed by atoms with Gasteiger partial charge in [-0.15, -0.1) is 0 Å². The van der Waals surface area contributed by atoms with Gasteiger partial charge in [0.25, 0.3) is 0 Å². The van der Waals surface area contributed by atoms with Crippen LogP contribution in [0.4, 0.5) is 19.3 Å². The molecule has 1 aromatic carbocycles.